The summed E-state index contributed by atoms with van der Waals surface area (Å²) in [5, 5.41) is -0.651. The van der Waals surface area contributed by atoms with Crippen LogP contribution in [0, 0.1) is 5.92 Å². The fraction of sp³-hybridized carbons (Fsp3) is 0.857. The summed E-state index contributed by atoms with van der Waals surface area (Å²) in [6.45, 7) is 0.167. The van der Waals surface area contributed by atoms with Crippen molar-refractivity contribution in [2.24, 2.45) is 5.92 Å². The molecule has 0 N–H and O–H groups in total. The van der Waals surface area contributed by atoms with Gasteiger partial charge < -0.3 is 9.47 Å². The molecule has 1 saturated heterocycles. The maximum atomic E-state index is 12.1. The molecule has 0 unspecified atom stereocenters. The summed E-state index contributed by atoms with van der Waals surface area (Å²) >= 11 is 0. The number of hydrogen-bond donors (Lipinski definition) is 0. The van der Waals surface area contributed by atoms with Crippen LogP contribution in [0.4, 0.5) is 13.2 Å². The Kier molecular flexibility index (Phi) is 6.10. The van der Waals surface area contributed by atoms with Gasteiger partial charge in [0.25, 0.3) is 0 Å². The van der Waals surface area contributed by atoms with E-state index in [2.05, 4.69) is 4.74 Å². The first-order valence-electron chi connectivity index (χ1n) is 7.48. The van der Waals surface area contributed by atoms with Gasteiger partial charge in [0.1, 0.15) is 5.25 Å². The summed E-state index contributed by atoms with van der Waals surface area (Å²) in [4.78, 5) is 0. The van der Waals surface area contributed by atoms with Gasteiger partial charge in [0, 0.05) is 6.26 Å². The van der Waals surface area contributed by atoms with Crippen LogP contribution in [-0.4, -0.2) is 51.9 Å². The Bertz CT molecular complexity index is 501. The van der Waals surface area contributed by atoms with Gasteiger partial charge in [0.2, 0.25) is 0 Å². The molecule has 9 heteroatoms. The minimum Gasteiger partial charge on any atom is -0.348 e. The highest BCUT2D eigenvalue weighted by atomic mass is 32.2. The van der Waals surface area contributed by atoms with E-state index in [0.29, 0.717) is 25.7 Å². The van der Waals surface area contributed by atoms with Gasteiger partial charge in [-0.25, -0.2) is 8.42 Å². The highest BCUT2D eigenvalue weighted by molar-refractivity contribution is 7.91. The van der Waals surface area contributed by atoms with Gasteiger partial charge in [0.15, 0.2) is 16.1 Å². The summed E-state index contributed by atoms with van der Waals surface area (Å²) in [5.41, 5.74) is 0. The Hall–Kier alpha value is -0.640. The molecule has 2 rings (SSSR count). The van der Waals surface area contributed by atoms with Crippen molar-refractivity contribution in [1.82, 2.24) is 0 Å². The second-order valence-electron chi connectivity index (χ2n) is 5.97. The lowest BCUT2D eigenvalue weighted by Crippen LogP contribution is -2.39. The first-order valence-corrected chi connectivity index (χ1v) is 9.44. The van der Waals surface area contributed by atoms with Crippen LogP contribution in [0.15, 0.2) is 12.2 Å². The van der Waals surface area contributed by atoms with Crippen molar-refractivity contribution < 1.29 is 35.8 Å². The minimum atomic E-state index is -4.58. The van der Waals surface area contributed by atoms with E-state index in [4.69, 9.17) is 9.47 Å². The molecule has 0 bridgehead atoms. The van der Waals surface area contributed by atoms with E-state index in [1.54, 1.807) is 6.08 Å². The smallest absolute Gasteiger partial charge is 0.348 e. The summed E-state index contributed by atoms with van der Waals surface area (Å²) in [7, 11) is -3.19. The molecule has 2 aliphatic rings. The van der Waals surface area contributed by atoms with Crippen LogP contribution in [0.5, 0.6) is 0 Å². The first-order chi connectivity index (χ1) is 10.6. The fourth-order valence-corrected chi connectivity index (χ4v) is 3.35. The molecule has 1 aliphatic carbocycles. The average molecular weight is 358 g/mol. The molecule has 0 aromatic carbocycles. The number of ether oxygens (including phenoxy) is 3. The SMILES string of the molecule is CS(=O)(=O)C1COC(/C=C/C2CCC(OC(F)(F)F)CC2)OC1. The van der Waals surface area contributed by atoms with E-state index >= 15 is 0 Å². The maximum absolute atomic E-state index is 12.1. The Labute approximate surface area is 133 Å². The Morgan fingerprint density at radius 1 is 1.04 bits per heavy atom. The van der Waals surface area contributed by atoms with Gasteiger partial charge in [-0.15, -0.1) is 13.2 Å². The molecular formula is C14H21F3O5S. The van der Waals surface area contributed by atoms with Crippen molar-refractivity contribution in [1.29, 1.82) is 0 Å². The Morgan fingerprint density at radius 3 is 2.09 bits per heavy atom. The van der Waals surface area contributed by atoms with Crippen LogP contribution in [-0.2, 0) is 24.0 Å². The van der Waals surface area contributed by atoms with Crippen LogP contribution in [0.2, 0.25) is 0 Å². The third-order valence-electron chi connectivity index (χ3n) is 4.06. The summed E-state index contributed by atoms with van der Waals surface area (Å²) < 4.78 is 73.8. The van der Waals surface area contributed by atoms with Crippen LogP contribution in [0.25, 0.3) is 0 Å². The van der Waals surface area contributed by atoms with Gasteiger partial charge in [0.05, 0.1) is 19.3 Å². The normalized spacial score (nSPS) is 33.9. The third kappa shape index (κ3) is 6.40. The van der Waals surface area contributed by atoms with E-state index in [1.807, 2.05) is 6.08 Å². The lowest BCUT2D eigenvalue weighted by atomic mass is 9.87. The van der Waals surface area contributed by atoms with E-state index in [-0.39, 0.29) is 19.1 Å². The monoisotopic (exact) mass is 358 g/mol. The van der Waals surface area contributed by atoms with Gasteiger partial charge in [-0.2, -0.15) is 0 Å². The molecule has 1 aliphatic heterocycles. The first kappa shape index (κ1) is 18.7. The molecule has 0 atom stereocenters. The van der Waals surface area contributed by atoms with Crippen LogP contribution < -0.4 is 0 Å². The van der Waals surface area contributed by atoms with Gasteiger partial charge in [-0.05, 0) is 37.7 Å². The topological polar surface area (TPSA) is 61.8 Å². The van der Waals surface area contributed by atoms with E-state index in [9.17, 15) is 21.6 Å². The van der Waals surface area contributed by atoms with Crippen molar-refractivity contribution in [2.45, 2.75) is 49.7 Å². The van der Waals surface area contributed by atoms with Crippen LogP contribution in [0.1, 0.15) is 25.7 Å². The molecule has 5 nitrogen and oxygen atoms in total. The Morgan fingerprint density at radius 2 is 1.61 bits per heavy atom. The summed E-state index contributed by atoms with van der Waals surface area (Å²) in [6.07, 6.45) is 0.702. The van der Waals surface area contributed by atoms with E-state index < -0.39 is 33.8 Å². The fourth-order valence-electron chi connectivity index (χ4n) is 2.69. The largest absolute Gasteiger partial charge is 0.522 e. The zero-order valence-electron chi connectivity index (χ0n) is 12.8. The zero-order chi connectivity index (χ0) is 17.1. The summed E-state index contributed by atoms with van der Waals surface area (Å²) in [6, 6.07) is 0. The second kappa shape index (κ2) is 7.50. The predicted molar refractivity (Wildman–Crippen MR) is 76.3 cm³/mol. The second-order valence-corrected chi connectivity index (χ2v) is 8.30. The number of halogens is 3. The molecular weight excluding hydrogens is 337 g/mol. The predicted octanol–water partition coefficient (Wildman–Crippen LogP) is 2.42. The number of allylic oxidation sites excluding steroid dienone is 1. The lowest BCUT2D eigenvalue weighted by Gasteiger charge is -2.29. The number of rotatable bonds is 4. The van der Waals surface area contributed by atoms with Gasteiger partial charge in [-0.1, -0.05) is 6.08 Å². The van der Waals surface area contributed by atoms with Crippen molar-refractivity contribution >= 4 is 9.84 Å². The van der Waals surface area contributed by atoms with Gasteiger partial charge >= 0.3 is 6.36 Å². The van der Waals surface area contributed by atoms with Crippen molar-refractivity contribution in [3.8, 4) is 0 Å². The standard InChI is InChI=1S/C14H21F3O5S/c1-23(18,19)12-8-20-13(21-9-12)7-4-10-2-5-11(6-3-10)22-14(15,16)17/h4,7,10-13H,2-3,5-6,8-9H2,1H3/b7-4+. The van der Waals surface area contributed by atoms with Gasteiger partial charge in [-0.3, -0.25) is 4.74 Å². The highest BCUT2D eigenvalue weighted by Crippen LogP contribution is 2.31. The molecule has 0 radical (unpaired) electrons. The molecule has 0 aromatic heterocycles. The van der Waals surface area contributed by atoms with Crippen molar-refractivity contribution in [3.05, 3.63) is 12.2 Å². The molecule has 0 aromatic rings. The van der Waals surface area contributed by atoms with Crippen LogP contribution >= 0.6 is 0 Å². The summed E-state index contributed by atoms with van der Waals surface area (Å²) in [5.74, 6) is 0.155. The highest BCUT2D eigenvalue weighted by Gasteiger charge is 2.35. The van der Waals surface area contributed by atoms with E-state index in [1.165, 1.54) is 0 Å². The lowest BCUT2D eigenvalue weighted by molar-refractivity contribution is -0.345. The third-order valence-corrected chi connectivity index (χ3v) is 5.54. The molecule has 0 spiro atoms. The molecule has 2 fully saturated rings. The molecule has 1 heterocycles. The maximum Gasteiger partial charge on any atom is 0.522 e. The quantitative estimate of drug-likeness (QED) is 0.723. The minimum absolute atomic E-state index is 0.0833. The average Bonchev–Trinajstić information content (AvgIpc) is 2.44. The number of sulfone groups is 1. The zero-order valence-corrected chi connectivity index (χ0v) is 13.6. The molecule has 0 amide bonds. The van der Waals surface area contributed by atoms with Crippen molar-refractivity contribution in [3.63, 3.8) is 0 Å². The van der Waals surface area contributed by atoms with Crippen molar-refractivity contribution in [2.75, 3.05) is 19.5 Å². The number of hydrogen-bond acceptors (Lipinski definition) is 5. The van der Waals surface area contributed by atoms with Crippen LogP contribution in [0.3, 0.4) is 0 Å². The molecule has 1 saturated carbocycles. The Balaban J connectivity index is 1.72. The number of alkyl halides is 3. The molecule has 134 valence electrons. The molecule has 23 heavy (non-hydrogen) atoms. The van der Waals surface area contributed by atoms with E-state index in [0.717, 1.165) is 6.26 Å².